The van der Waals surface area contributed by atoms with Gasteiger partial charge in [0.25, 0.3) is 0 Å². The molecule has 0 unspecified atom stereocenters. The Morgan fingerprint density at radius 2 is 1.95 bits per heavy atom. The van der Waals surface area contributed by atoms with E-state index in [0.29, 0.717) is 5.88 Å². The third-order valence-corrected chi connectivity index (χ3v) is 2.56. The second-order valence-corrected chi connectivity index (χ2v) is 4.57. The van der Waals surface area contributed by atoms with Crippen LogP contribution in [-0.4, -0.2) is 22.6 Å². The molecule has 100 valence electrons. The highest BCUT2D eigenvalue weighted by Gasteiger charge is 2.01. The zero-order chi connectivity index (χ0) is 13.5. The first-order chi connectivity index (χ1) is 9.24. The van der Waals surface area contributed by atoms with Crippen LogP contribution in [0.2, 0.25) is 0 Å². The van der Waals surface area contributed by atoms with Crippen molar-refractivity contribution >= 4 is 5.82 Å². The van der Waals surface area contributed by atoms with Gasteiger partial charge in [-0.2, -0.15) is 0 Å². The molecule has 0 bridgehead atoms. The number of rotatable bonds is 6. The average molecular weight is 257 g/mol. The van der Waals surface area contributed by atoms with E-state index in [-0.39, 0.29) is 6.10 Å². The number of nitrogens with zero attached hydrogens (tertiary/aromatic N) is 2. The van der Waals surface area contributed by atoms with Crippen LogP contribution in [0.15, 0.2) is 42.7 Å². The summed E-state index contributed by atoms with van der Waals surface area (Å²) in [4.78, 5) is 8.25. The van der Waals surface area contributed by atoms with Crippen LogP contribution in [0.1, 0.15) is 19.4 Å². The minimum Gasteiger partial charge on any atom is -0.475 e. The number of benzene rings is 1. The maximum Gasteiger partial charge on any atom is 0.218 e. The molecule has 4 heteroatoms. The SMILES string of the molecule is CC(C)Oc1cc(NCCc2ccccc2)ncn1. The van der Waals surface area contributed by atoms with E-state index in [2.05, 4.69) is 39.6 Å². The second kappa shape index (κ2) is 6.73. The first-order valence-corrected chi connectivity index (χ1v) is 6.50. The summed E-state index contributed by atoms with van der Waals surface area (Å²) in [6.45, 7) is 4.79. The smallest absolute Gasteiger partial charge is 0.218 e. The molecule has 0 amide bonds. The first kappa shape index (κ1) is 13.3. The number of hydrogen-bond donors (Lipinski definition) is 1. The van der Waals surface area contributed by atoms with E-state index in [0.717, 1.165) is 18.8 Å². The summed E-state index contributed by atoms with van der Waals surface area (Å²) in [5.41, 5.74) is 1.31. The van der Waals surface area contributed by atoms with E-state index >= 15 is 0 Å². The molecule has 4 nitrogen and oxygen atoms in total. The van der Waals surface area contributed by atoms with Gasteiger partial charge in [0.15, 0.2) is 0 Å². The molecule has 0 aliphatic carbocycles. The molecule has 2 aromatic rings. The molecule has 0 saturated carbocycles. The van der Waals surface area contributed by atoms with Gasteiger partial charge in [-0.25, -0.2) is 9.97 Å². The maximum atomic E-state index is 5.53. The third kappa shape index (κ3) is 4.58. The van der Waals surface area contributed by atoms with E-state index in [1.54, 1.807) is 0 Å². The highest BCUT2D eigenvalue weighted by atomic mass is 16.5. The number of nitrogens with one attached hydrogen (secondary N) is 1. The quantitative estimate of drug-likeness (QED) is 0.864. The maximum absolute atomic E-state index is 5.53. The lowest BCUT2D eigenvalue weighted by Crippen LogP contribution is -2.09. The highest BCUT2D eigenvalue weighted by molar-refractivity contribution is 5.37. The number of aromatic nitrogens is 2. The van der Waals surface area contributed by atoms with E-state index in [1.165, 1.54) is 11.9 Å². The van der Waals surface area contributed by atoms with Crippen LogP contribution in [0.5, 0.6) is 5.88 Å². The fraction of sp³-hybridized carbons (Fsp3) is 0.333. The van der Waals surface area contributed by atoms with Gasteiger partial charge in [0.1, 0.15) is 12.1 Å². The van der Waals surface area contributed by atoms with Crippen molar-refractivity contribution in [2.45, 2.75) is 26.4 Å². The van der Waals surface area contributed by atoms with Crippen molar-refractivity contribution in [3.8, 4) is 5.88 Å². The van der Waals surface area contributed by atoms with Crippen molar-refractivity contribution in [3.05, 3.63) is 48.3 Å². The molecule has 0 atom stereocenters. The van der Waals surface area contributed by atoms with Gasteiger partial charge < -0.3 is 10.1 Å². The van der Waals surface area contributed by atoms with E-state index in [9.17, 15) is 0 Å². The molecular formula is C15H19N3O. The molecule has 0 fully saturated rings. The predicted molar refractivity (Wildman–Crippen MR) is 76.4 cm³/mol. The Balaban J connectivity index is 1.86. The number of anilines is 1. The zero-order valence-electron chi connectivity index (χ0n) is 11.3. The normalized spacial score (nSPS) is 10.5. The minimum absolute atomic E-state index is 0.118. The fourth-order valence-electron chi connectivity index (χ4n) is 1.72. The van der Waals surface area contributed by atoms with Gasteiger partial charge in [-0.1, -0.05) is 30.3 Å². The van der Waals surface area contributed by atoms with Crippen LogP contribution in [0.3, 0.4) is 0 Å². The van der Waals surface area contributed by atoms with Crippen LogP contribution < -0.4 is 10.1 Å². The summed E-state index contributed by atoms with van der Waals surface area (Å²) in [5, 5.41) is 3.28. The van der Waals surface area contributed by atoms with Gasteiger partial charge in [0, 0.05) is 12.6 Å². The van der Waals surface area contributed by atoms with Gasteiger partial charge in [0.2, 0.25) is 5.88 Å². The molecule has 0 spiro atoms. The molecule has 1 aromatic heterocycles. The number of hydrogen-bond acceptors (Lipinski definition) is 4. The van der Waals surface area contributed by atoms with Crippen LogP contribution in [0, 0.1) is 0 Å². The molecule has 0 saturated heterocycles. The van der Waals surface area contributed by atoms with Gasteiger partial charge in [-0.3, -0.25) is 0 Å². The van der Waals surface area contributed by atoms with Crippen molar-refractivity contribution in [2.24, 2.45) is 0 Å². The summed E-state index contributed by atoms with van der Waals surface area (Å²) in [6, 6.07) is 12.2. The Morgan fingerprint density at radius 3 is 2.68 bits per heavy atom. The topological polar surface area (TPSA) is 47.0 Å². The van der Waals surface area contributed by atoms with Crippen molar-refractivity contribution in [3.63, 3.8) is 0 Å². The van der Waals surface area contributed by atoms with Crippen molar-refractivity contribution in [1.82, 2.24) is 9.97 Å². The Labute approximate surface area is 113 Å². The summed E-state index contributed by atoms with van der Waals surface area (Å²) in [5.74, 6) is 1.40. The largest absolute Gasteiger partial charge is 0.475 e. The Morgan fingerprint density at radius 1 is 1.16 bits per heavy atom. The molecule has 0 aliphatic heterocycles. The summed E-state index contributed by atoms with van der Waals surface area (Å²) < 4.78 is 5.53. The van der Waals surface area contributed by atoms with Crippen LogP contribution >= 0.6 is 0 Å². The van der Waals surface area contributed by atoms with Crippen molar-refractivity contribution < 1.29 is 4.74 Å². The van der Waals surface area contributed by atoms with Gasteiger partial charge in [0.05, 0.1) is 6.10 Å². The van der Waals surface area contributed by atoms with E-state index in [1.807, 2.05) is 26.0 Å². The van der Waals surface area contributed by atoms with Crippen molar-refractivity contribution in [2.75, 3.05) is 11.9 Å². The van der Waals surface area contributed by atoms with E-state index < -0.39 is 0 Å². The first-order valence-electron chi connectivity index (χ1n) is 6.50. The minimum atomic E-state index is 0.118. The molecule has 0 aliphatic rings. The molecule has 19 heavy (non-hydrogen) atoms. The van der Waals surface area contributed by atoms with Crippen molar-refractivity contribution in [1.29, 1.82) is 0 Å². The second-order valence-electron chi connectivity index (χ2n) is 4.57. The van der Waals surface area contributed by atoms with Gasteiger partial charge >= 0.3 is 0 Å². The molecule has 2 rings (SSSR count). The predicted octanol–water partition coefficient (Wildman–Crippen LogP) is 2.92. The van der Waals surface area contributed by atoms with Crippen LogP contribution in [0.4, 0.5) is 5.82 Å². The van der Waals surface area contributed by atoms with Crippen LogP contribution in [0.25, 0.3) is 0 Å². The summed E-state index contributed by atoms with van der Waals surface area (Å²) in [7, 11) is 0. The highest BCUT2D eigenvalue weighted by Crippen LogP contribution is 2.12. The Kier molecular flexibility index (Phi) is 4.72. The lowest BCUT2D eigenvalue weighted by molar-refractivity contribution is 0.232. The van der Waals surface area contributed by atoms with Crippen LogP contribution in [-0.2, 0) is 6.42 Å². The third-order valence-electron chi connectivity index (χ3n) is 2.56. The summed E-state index contributed by atoms with van der Waals surface area (Å²) >= 11 is 0. The zero-order valence-corrected chi connectivity index (χ0v) is 11.3. The Bertz CT molecular complexity index is 500. The van der Waals surface area contributed by atoms with E-state index in [4.69, 9.17) is 4.74 Å². The van der Waals surface area contributed by atoms with Gasteiger partial charge in [-0.15, -0.1) is 0 Å². The average Bonchev–Trinajstić information content (AvgIpc) is 2.40. The van der Waals surface area contributed by atoms with Gasteiger partial charge in [-0.05, 0) is 25.8 Å². The Hall–Kier alpha value is -2.10. The summed E-state index contributed by atoms with van der Waals surface area (Å²) in [6.07, 6.45) is 2.60. The number of ether oxygens (including phenoxy) is 1. The molecule has 1 N–H and O–H groups in total. The lowest BCUT2D eigenvalue weighted by Gasteiger charge is -2.10. The monoisotopic (exact) mass is 257 g/mol. The lowest BCUT2D eigenvalue weighted by atomic mass is 10.1. The standard InChI is InChI=1S/C15H19N3O/c1-12(2)19-15-10-14(17-11-18-15)16-9-8-13-6-4-3-5-7-13/h3-7,10-12H,8-9H2,1-2H3,(H,16,17,18). The molecule has 0 radical (unpaired) electrons. The molecule has 1 aromatic carbocycles. The fourth-order valence-corrected chi connectivity index (χ4v) is 1.72. The molecular weight excluding hydrogens is 238 g/mol. The molecule has 1 heterocycles.